The smallest absolute Gasteiger partial charge is 0.254 e. The molecule has 0 bridgehead atoms. The SMILES string of the molecule is Cc1ccc(S(=O)(=O)NC2CC2)cc1C(=O)N1CCNCC1C. The van der Waals surface area contributed by atoms with Crippen molar-refractivity contribution < 1.29 is 13.2 Å². The number of aryl methyl sites for hydroxylation is 1. The fourth-order valence-corrected chi connectivity index (χ4v) is 4.12. The van der Waals surface area contributed by atoms with Gasteiger partial charge in [-0.15, -0.1) is 0 Å². The second-order valence-corrected chi connectivity index (χ2v) is 8.14. The number of carbonyl (C=O) groups is 1. The molecule has 1 aliphatic carbocycles. The van der Waals surface area contributed by atoms with Crippen molar-refractivity contribution in [2.45, 2.75) is 43.7 Å². The van der Waals surface area contributed by atoms with Gasteiger partial charge in [-0.25, -0.2) is 13.1 Å². The van der Waals surface area contributed by atoms with Gasteiger partial charge in [-0.3, -0.25) is 4.79 Å². The van der Waals surface area contributed by atoms with Crippen molar-refractivity contribution in [1.82, 2.24) is 14.9 Å². The van der Waals surface area contributed by atoms with E-state index in [0.717, 1.165) is 31.5 Å². The number of hydrogen-bond donors (Lipinski definition) is 2. The maximum absolute atomic E-state index is 12.8. The minimum atomic E-state index is -3.55. The van der Waals surface area contributed by atoms with Crippen LogP contribution in [-0.2, 0) is 10.0 Å². The highest BCUT2D eigenvalue weighted by Gasteiger charge is 2.30. The van der Waals surface area contributed by atoms with Crippen molar-refractivity contribution in [3.63, 3.8) is 0 Å². The Labute approximate surface area is 137 Å². The van der Waals surface area contributed by atoms with Crippen LogP contribution in [0.3, 0.4) is 0 Å². The van der Waals surface area contributed by atoms with Crippen LogP contribution in [0.4, 0.5) is 0 Å². The van der Waals surface area contributed by atoms with E-state index in [1.807, 2.05) is 18.7 Å². The van der Waals surface area contributed by atoms with Crippen molar-refractivity contribution in [2.24, 2.45) is 0 Å². The van der Waals surface area contributed by atoms with E-state index in [1.54, 1.807) is 12.1 Å². The summed E-state index contributed by atoms with van der Waals surface area (Å²) in [5, 5.41) is 3.25. The summed E-state index contributed by atoms with van der Waals surface area (Å²) in [5.41, 5.74) is 1.27. The van der Waals surface area contributed by atoms with Gasteiger partial charge >= 0.3 is 0 Å². The fourth-order valence-electron chi connectivity index (χ4n) is 2.78. The molecule has 1 atom stereocenters. The molecule has 1 saturated heterocycles. The van der Waals surface area contributed by atoms with Crippen molar-refractivity contribution >= 4 is 15.9 Å². The van der Waals surface area contributed by atoms with E-state index in [1.165, 1.54) is 6.07 Å². The normalized spacial score (nSPS) is 22.2. The quantitative estimate of drug-likeness (QED) is 0.854. The lowest BCUT2D eigenvalue weighted by molar-refractivity contribution is 0.0654. The summed E-state index contributed by atoms with van der Waals surface area (Å²) in [5.74, 6) is -0.0972. The predicted octanol–water partition coefficient (Wildman–Crippen LogP) is 0.870. The van der Waals surface area contributed by atoms with Crippen molar-refractivity contribution in [2.75, 3.05) is 19.6 Å². The predicted molar refractivity (Wildman–Crippen MR) is 87.9 cm³/mol. The largest absolute Gasteiger partial charge is 0.333 e. The molecule has 126 valence electrons. The van der Waals surface area contributed by atoms with E-state index in [0.29, 0.717) is 12.1 Å². The highest BCUT2D eigenvalue weighted by molar-refractivity contribution is 7.89. The number of piperazine rings is 1. The van der Waals surface area contributed by atoms with Crippen LogP contribution in [0.25, 0.3) is 0 Å². The molecule has 3 rings (SSSR count). The first-order valence-corrected chi connectivity index (χ1v) is 9.51. The van der Waals surface area contributed by atoms with Crippen LogP contribution >= 0.6 is 0 Å². The Morgan fingerprint density at radius 3 is 2.74 bits per heavy atom. The maximum atomic E-state index is 12.8. The van der Waals surface area contributed by atoms with E-state index in [4.69, 9.17) is 0 Å². The summed E-state index contributed by atoms with van der Waals surface area (Å²) in [4.78, 5) is 14.8. The second kappa shape index (κ2) is 6.22. The summed E-state index contributed by atoms with van der Waals surface area (Å²) < 4.78 is 27.4. The van der Waals surface area contributed by atoms with Gasteiger partial charge in [-0.2, -0.15) is 0 Å². The summed E-state index contributed by atoms with van der Waals surface area (Å²) in [7, 11) is -3.55. The molecule has 1 unspecified atom stereocenters. The Morgan fingerprint density at radius 2 is 2.09 bits per heavy atom. The molecular weight excluding hydrogens is 314 g/mol. The Balaban J connectivity index is 1.89. The van der Waals surface area contributed by atoms with Crippen LogP contribution < -0.4 is 10.0 Å². The first-order valence-electron chi connectivity index (χ1n) is 8.03. The average Bonchev–Trinajstić information content (AvgIpc) is 3.30. The van der Waals surface area contributed by atoms with Gasteiger partial charge in [-0.1, -0.05) is 6.07 Å². The molecule has 6 nitrogen and oxygen atoms in total. The van der Waals surface area contributed by atoms with Gasteiger partial charge in [0.2, 0.25) is 10.0 Å². The van der Waals surface area contributed by atoms with Gasteiger partial charge in [-0.05, 0) is 44.4 Å². The lowest BCUT2D eigenvalue weighted by atomic mass is 10.1. The molecule has 23 heavy (non-hydrogen) atoms. The summed E-state index contributed by atoms with van der Waals surface area (Å²) in [6.07, 6.45) is 1.77. The van der Waals surface area contributed by atoms with Gasteiger partial charge in [0, 0.05) is 37.3 Å². The lowest BCUT2D eigenvalue weighted by Gasteiger charge is -2.34. The topological polar surface area (TPSA) is 78.5 Å². The zero-order valence-corrected chi connectivity index (χ0v) is 14.3. The second-order valence-electron chi connectivity index (χ2n) is 6.42. The first-order chi connectivity index (χ1) is 10.9. The molecule has 2 aliphatic rings. The third-order valence-electron chi connectivity index (χ3n) is 4.41. The number of hydrogen-bond acceptors (Lipinski definition) is 4. The molecule has 1 aromatic rings. The monoisotopic (exact) mass is 337 g/mol. The van der Waals surface area contributed by atoms with E-state index in [-0.39, 0.29) is 22.9 Å². The number of amides is 1. The standard InChI is InChI=1S/C16H23N3O3S/c1-11-3-6-14(23(21,22)18-13-4-5-13)9-15(11)16(20)19-8-7-17-10-12(19)2/h3,6,9,12-13,17-18H,4-5,7-8,10H2,1-2H3. The Morgan fingerprint density at radius 1 is 1.35 bits per heavy atom. The van der Waals surface area contributed by atoms with Crippen molar-refractivity contribution in [3.05, 3.63) is 29.3 Å². The lowest BCUT2D eigenvalue weighted by Crippen LogP contribution is -2.52. The van der Waals surface area contributed by atoms with E-state index in [2.05, 4.69) is 10.0 Å². The summed E-state index contributed by atoms with van der Waals surface area (Å²) in [6.45, 7) is 5.98. The number of carbonyl (C=O) groups excluding carboxylic acids is 1. The Kier molecular flexibility index (Phi) is 4.44. The molecule has 1 aromatic carbocycles. The molecule has 0 radical (unpaired) electrons. The van der Waals surface area contributed by atoms with E-state index >= 15 is 0 Å². The summed E-state index contributed by atoms with van der Waals surface area (Å²) >= 11 is 0. The van der Waals surface area contributed by atoms with Crippen molar-refractivity contribution in [3.8, 4) is 0 Å². The maximum Gasteiger partial charge on any atom is 0.254 e. The van der Waals surface area contributed by atoms with Gasteiger partial charge in [0.15, 0.2) is 0 Å². The highest BCUT2D eigenvalue weighted by atomic mass is 32.2. The van der Waals surface area contributed by atoms with Crippen LogP contribution in [0.5, 0.6) is 0 Å². The fraction of sp³-hybridized carbons (Fsp3) is 0.562. The molecule has 1 saturated carbocycles. The molecule has 0 aromatic heterocycles. The number of sulfonamides is 1. The van der Waals surface area contributed by atoms with Gasteiger partial charge < -0.3 is 10.2 Å². The molecule has 2 N–H and O–H groups in total. The van der Waals surface area contributed by atoms with Crippen LogP contribution in [0, 0.1) is 6.92 Å². The van der Waals surface area contributed by atoms with Gasteiger partial charge in [0.1, 0.15) is 0 Å². The molecule has 1 heterocycles. The molecule has 2 fully saturated rings. The first kappa shape index (κ1) is 16.4. The highest BCUT2D eigenvalue weighted by Crippen LogP contribution is 2.24. The molecule has 1 amide bonds. The van der Waals surface area contributed by atoms with E-state index in [9.17, 15) is 13.2 Å². The van der Waals surface area contributed by atoms with Crippen molar-refractivity contribution in [1.29, 1.82) is 0 Å². The summed E-state index contributed by atoms with van der Waals surface area (Å²) in [6, 6.07) is 4.94. The van der Waals surface area contributed by atoms with Crippen LogP contribution in [-0.4, -0.2) is 50.9 Å². The van der Waals surface area contributed by atoms with Gasteiger partial charge in [0.25, 0.3) is 5.91 Å². The zero-order chi connectivity index (χ0) is 16.6. The van der Waals surface area contributed by atoms with Gasteiger partial charge in [0.05, 0.1) is 4.90 Å². The van der Waals surface area contributed by atoms with Crippen LogP contribution in [0.1, 0.15) is 35.7 Å². The minimum absolute atomic E-state index is 0.0497. The molecule has 7 heteroatoms. The molecule has 0 spiro atoms. The van der Waals surface area contributed by atoms with Crippen LogP contribution in [0.2, 0.25) is 0 Å². The molecular formula is C16H23N3O3S. The number of benzene rings is 1. The van der Waals surface area contributed by atoms with Crippen LogP contribution in [0.15, 0.2) is 23.1 Å². The Bertz CT molecular complexity index is 713. The van der Waals surface area contributed by atoms with E-state index < -0.39 is 10.0 Å². The molecule has 1 aliphatic heterocycles. The number of nitrogens with zero attached hydrogens (tertiary/aromatic N) is 1. The minimum Gasteiger partial charge on any atom is -0.333 e. The Hall–Kier alpha value is -1.44. The average molecular weight is 337 g/mol. The third kappa shape index (κ3) is 3.57. The number of nitrogens with one attached hydrogen (secondary N) is 2. The zero-order valence-electron chi connectivity index (χ0n) is 13.5. The third-order valence-corrected chi connectivity index (χ3v) is 5.93. The number of rotatable bonds is 4.